The largest absolute Gasteiger partial charge is 0.493 e. The number of benzene rings is 1. The predicted molar refractivity (Wildman–Crippen MR) is 74.7 cm³/mol. The van der Waals surface area contributed by atoms with Gasteiger partial charge in [-0.05, 0) is 49.1 Å². The van der Waals surface area contributed by atoms with Gasteiger partial charge in [0.1, 0.15) is 5.75 Å². The van der Waals surface area contributed by atoms with Crippen molar-refractivity contribution < 1.29 is 4.74 Å². The minimum atomic E-state index is 0.481. The molecule has 1 N–H and O–H groups in total. The van der Waals surface area contributed by atoms with E-state index in [1.807, 2.05) is 0 Å². The van der Waals surface area contributed by atoms with Crippen molar-refractivity contribution in [2.45, 2.75) is 38.6 Å². The summed E-state index contributed by atoms with van der Waals surface area (Å²) in [5, 5.41) is 3.55. The van der Waals surface area contributed by atoms with Crippen molar-refractivity contribution in [3.63, 3.8) is 0 Å². The first-order valence-corrected chi connectivity index (χ1v) is 6.77. The van der Waals surface area contributed by atoms with E-state index in [-0.39, 0.29) is 0 Å². The Morgan fingerprint density at radius 2 is 2.39 bits per heavy atom. The molecule has 0 bridgehead atoms. The fourth-order valence-electron chi connectivity index (χ4n) is 2.55. The molecule has 0 spiro atoms. The fourth-order valence-corrected chi connectivity index (χ4v) is 2.55. The van der Waals surface area contributed by atoms with Gasteiger partial charge in [-0.3, -0.25) is 0 Å². The summed E-state index contributed by atoms with van der Waals surface area (Å²) in [6, 6.07) is 6.92. The molecule has 2 nitrogen and oxygen atoms in total. The van der Waals surface area contributed by atoms with Gasteiger partial charge in [-0.25, -0.2) is 0 Å². The van der Waals surface area contributed by atoms with Gasteiger partial charge in [0.2, 0.25) is 0 Å². The molecule has 0 aliphatic heterocycles. The second-order valence-corrected chi connectivity index (χ2v) is 4.67. The van der Waals surface area contributed by atoms with Crippen molar-refractivity contribution in [3.05, 3.63) is 29.3 Å². The minimum Gasteiger partial charge on any atom is -0.493 e. The van der Waals surface area contributed by atoms with Crippen LogP contribution < -0.4 is 10.1 Å². The van der Waals surface area contributed by atoms with Crippen LogP contribution in [0.4, 0.5) is 0 Å². The Morgan fingerprint density at radius 1 is 1.50 bits per heavy atom. The molecule has 1 aliphatic carbocycles. The van der Waals surface area contributed by atoms with Gasteiger partial charge in [0.25, 0.3) is 0 Å². The number of aryl methyl sites for hydroxylation is 1. The quantitative estimate of drug-likeness (QED) is 0.634. The van der Waals surface area contributed by atoms with Gasteiger partial charge < -0.3 is 10.1 Å². The van der Waals surface area contributed by atoms with Crippen LogP contribution in [0.3, 0.4) is 0 Å². The fraction of sp³-hybridized carbons (Fsp3) is 0.500. The van der Waals surface area contributed by atoms with E-state index in [4.69, 9.17) is 11.2 Å². The third kappa shape index (κ3) is 3.05. The van der Waals surface area contributed by atoms with E-state index in [0.29, 0.717) is 19.1 Å². The molecule has 0 saturated heterocycles. The summed E-state index contributed by atoms with van der Waals surface area (Å²) in [6.07, 6.45) is 9.55. The van der Waals surface area contributed by atoms with E-state index in [9.17, 15) is 0 Å². The lowest BCUT2D eigenvalue weighted by Gasteiger charge is -2.26. The van der Waals surface area contributed by atoms with Gasteiger partial charge in [0, 0.05) is 12.5 Å². The molecule has 2 heteroatoms. The molecule has 0 amide bonds. The van der Waals surface area contributed by atoms with Gasteiger partial charge >= 0.3 is 0 Å². The molecule has 0 fully saturated rings. The van der Waals surface area contributed by atoms with Crippen LogP contribution in [0.1, 0.15) is 43.4 Å². The number of terminal acetylenes is 1. The Hall–Kier alpha value is -1.46. The molecule has 1 aliphatic rings. The van der Waals surface area contributed by atoms with Gasteiger partial charge in [0.15, 0.2) is 0 Å². The first-order chi connectivity index (χ1) is 8.85. The summed E-state index contributed by atoms with van der Waals surface area (Å²) >= 11 is 0. The van der Waals surface area contributed by atoms with Crippen LogP contribution in [0.5, 0.6) is 5.75 Å². The summed E-state index contributed by atoms with van der Waals surface area (Å²) in [5.41, 5.74) is 2.86. The molecular formula is C16H21NO. The third-order valence-electron chi connectivity index (χ3n) is 3.40. The van der Waals surface area contributed by atoms with Crippen molar-refractivity contribution in [3.8, 4) is 18.1 Å². The lowest BCUT2D eigenvalue weighted by atomic mass is 9.87. The van der Waals surface area contributed by atoms with E-state index in [1.165, 1.54) is 30.4 Å². The standard InChI is InChI=1S/C16H21NO/c1-3-5-11-18-14-10-9-13-7-6-8-16(17-4-2)15(13)12-14/h1,9-10,12,16-17H,4-8,11H2,2H3. The molecule has 96 valence electrons. The topological polar surface area (TPSA) is 21.3 Å². The molecule has 0 heterocycles. The first-order valence-electron chi connectivity index (χ1n) is 6.77. The molecule has 1 atom stereocenters. The average Bonchev–Trinajstić information content (AvgIpc) is 2.40. The number of ether oxygens (including phenoxy) is 1. The first kappa shape index (κ1) is 13.0. The van der Waals surface area contributed by atoms with Crippen LogP contribution in [-0.4, -0.2) is 13.2 Å². The highest BCUT2D eigenvalue weighted by molar-refractivity contribution is 5.39. The molecule has 1 aromatic carbocycles. The number of rotatable bonds is 5. The van der Waals surface area contributed by atoms with Crippen molar-refractivity contribution in [2.24, 2.45) is 0 Å². The Bertz CT molecular complexity index is 433. The van der Waals surface area contributed by atoms with Gasteiger partial charge in [0.05, 0.1) is 6.61 Å². The lowest BCUT2D eigenvalue weighted by molar-refractivity contribution is 0.325. The van der Waals surface area contributed by atoms with Crippen LogP contribution in [0.15, 0.2) is 18.2 Å². The summed E-state index contributed by atoms with van der Waals surface area (Å²) in [5.74, 6) is 3.53. The van der Waals surface area contributed by atoms with E-state index < -0.39 is 0 Å². The van der Waals surface area contributed by atoms with Crippen molar-refractivity contribution in [1.29, 1.82) is 0 Å². The smallest absolute Gasteiger partial charge is 0.119 e. The summed E-state index contributed by atoms with van der Waals surface area (Å²) in [4.78, 5) is 0. The van der Waals surface area contributed by atoms with Crippen LogP contribution in [0.2, 0.25) is 0 Å². The third-order valence-corrected chi connectivity index (χ3v) is 3.40. The highest BCUT2D eigenvalue weighted by atomic mass is 16.5. The predicted octanol–water partition coefficient (Wildman–Crippen LogP) is 3.08. The minimum absolute atomic E-state index is 0.481. The highest BCUT2D eigenvalue weighted by Gasteiger charge is 2.19. The van der Waals surface area contributed by atoms with Crippen LogP contribution in [0.25, 0.3) is 0 Å². The molecule has 1 aromatic rings. The molecular weight excluding hydrogens is 222 g/mol. The second-order valence-electron chi connectivity index (χ2n) is 4.67. The van der Waals surface area contributed by atoms with Gasteiger partial charge in [-0.15, -0.1) is 12.3 Å². The Labute approximate surface area is 110 Å². The van der Waals surface area contributed by atoms with Gasteiger partial charge in [-0.1, -0.05) is 13.0 Å². The van der Waals surface area contributed by atoms with Gasteiger partial charge in [-0.2, -0.15) is 0 Å². The monoisotopic (exact) mass is 243 g/mol. The highest BCUT2D eigenvalue weighted by Crippen LogP contribution is 2.32. The zero-order valence-corrected chi connectivity index (χ0v) is 11.0. The zero-order valence-electron chi connectivity index (χ0n) is 11.0. The lowest BCUT2D eigenvalue weighted by Crippen LogP contribution is -2.24. The molecule has 0 saturated carbocycles. The van der Waals surface area contributed by atoms with Crippen molar-refractivity contribution in [2.75, 3.05) is 13.2 Å². The van der Waals surface area contributed by atoms with Crippen LogP contribution >= 0.6 is 0 Å². The van der Waals surface area contributed by atoms with Crippen LogP contribution in [0, 0.1) is 12.3 Å². The molecule has 18 heavy (non-hydrogen) atoms. The normalized spacial score (nSPS) is 17.9. The zero-order chi connectivity index (χ0) is 12.8. The van der Waals surface area contributed by atoms with Crippen LogP contribution in [-0.2, 0) is 6.42 Å². The SMILES string of the molecule is C#CCCOc1ccc2c(c1)C(NCC)CCC2. The molecule has 1 unspecified atom stereocenters. The summed E-state index contributed by atoms with van der Waals surface area (Å²) in [7, 11) is 0. The number of hydrogen-bond acceptors (Lipinski definition) is 2. The number of hydrogen-bond donors (Lipinski definition) is 1. The van der Waals surface area contributed by atoms with E-state index >= 15 is 0 Å². The number of nitrogens with one attached hydrogen (secondary N) is 1. The van der Waals surface area contributed by atoms with Crippen molar-refractivity contribution >= 4 is 0 Å². The molecule has 0 aromatic heterocycles. The molecule has 0 radical (unpaired) electrons. The van der Waals surface area contributed by atoms with E-state index in [0.717, 1.165) is 12.3 Å². The Morgan fingerprint density at radius 3 is 3.17 bits per heavy atom. The summed E-state index contributed by atoms with van der Waals surface area (Å²) in [6.45, 7) is 3.76. The van der Waals surface area contributed by atoms with E-state index in [2.05, 4.69) is 36.4 Å². The maximum absolute atomic E-state index is 5.67. The average molecular weight is 243 g/mol. The Kier molecular flexibility index (Phi) is 4.66. The molecule has 2 rings (SSSR count). The second kappa shape index (κ2) is 6.47. The summed E-state index contributed by atoms with van der Waals surface area (Å²) < 4.78 is 5.67. The maximum atomic E-state index is 5.67. The van der Waals surface area contributed by atoms with E-state index in [1.54, 1.807) is 0 Å². The Balaban J connectivity index is 2.12. The van der Waals surface area contributed by atoms with Crippen molar-refractivity contribution in [1.82, 2.24) is 5.32 Å². The maximum Gasteiger partial charge on any atom is 0.119 e. The number of fused-ring (bicyclic) bond motifs is 1.